The Morgan fingerprint density at radius 3 is 2.15 bits per heavy atom. The first-order chi connectivity index (χ1) is 19.4. The Morgan fingerprint density at radius 1 is 0.825 bits per heavy atom. The van der Waals surface area contributed by atoms with Crippen molar-refractivity contribution in [2.75, 3.05) is 25.6 Å². The minimum absolute atomic E-state index is 0.00374. The number of methoxy groups -OCH3 is 3. The number of nitrogens with zero attached hydrogens (tertiary/aromatic N) is 2. The lowest BCUT2D eigenvalue weighted by Gasteiger charge is -2.26. The van der Waals surface area contributed by atoms with E-state index >= 15 is 0 Å². The van der Waals surface area contributed by atoms with Crippen LogP contribution in [0.2, 0.25) is 0 Å². The summed E-state index contributed by atoms with van der Waals surface area (Å²) in [4.78, 5) is 13.4. The van der Waals surface area contributed by atoms with Gasteiger partial charge in [0.25, 0.3) is 15.9 Å². The van der Waals surface area contributed by atoms with Gasteiger partial charge in [0.05, 0.1) is 50.2 Å². The van der Waals surface area contributed by atoms with Gasteiger partial charge in [-0.15, -0.1) is 0 Å². The van der Waals surface area contributed by atoms with Gasteiger partial charge in [-0.25, -0.2) is 13.8 Å². The van der Waals surface area contributed by atoms with Crippen LogP contribution in [-0.4, -0.2) is 41.9 Å². The summed E-state index contributed by atoms with van der Waals surface area (Å²) in [6.07, 6.45) is 1.43. The number of anilines is 1. The van der Waals surface area contributed by atoms with Crippen molar-refractivity contribution in [3.8, 4) is 17.2 Å². The molecule has 0 radical (unpaired) electrons. The van der Waals surface area contributed by atoms with Crippen molar-refractivity contribution in [2.24, 2.45) is 5.10 Å². The van der Waals surface area contributed by atoms with Crippen LogP contribution in [0.1, 0.15) is 21.5 Å². The van der Waals surface area contributed by atoms with Gasteiger partial charge in [-0.05, 0) is 60.2 Å². The standard InChI is InChI=1S/C30H29N3O6S/c1-37-24-13-16-26(17-14-24)40(35,36)33(21-22-9-5-4-6-10-22)28-12-8-7-11-27(28)30(34)32-31-20-23-19-25(38-2)15-18-29(23)39-3/h4-20H,21H2,1-3H3,(H,32,34)/b31-20-. The number of sulfonamides is 1. The number of para-hydroxylation sites is 1. The molecular formula is C30H29N3O6S. The summed E-state index contributed by atoms with van der Waals surface area (Å²) >= 11 is 0. The van der Waals surface area contributed by atoms with Crippen LogP contribution < -0.4 is 23.9 Å². The quantitative estimate of drug-likeness (QED) is 0.208. The van der Waals surface area contributed by atoms with Crippen molar-refractivity contribution in [3.63, 3.8) is 0 Å². The van der Waals surface area contributed by atoms with Crippen LogP contribution in [0, 0.1) is 0 Å². The van der Waals surface area contributed by atoms with Crippen LogP contribution in [0.3, 0.4) is 0 Å². The van der Waals surface area contributed by atoms with Crippen molar-refractivity contribution in [3.05, 3.63) is 114 Å². The van der Waals surface area contributed by atoms with Crippen LogP contribution in [0.25, 0.3) is 0 Å². The van der Waals surface area contributed by atoms with Gasteiger partial charge in [0, 0.05) is 5.56 Å². The van der Waals surface area contributed by atoms with E-state index in [1.54, 1.807) is 61.7 Å². The van der Waals surface area contributed by atoms with Gasteiger partial charge in [-0.3, -0.25) is 9.10 Å². The van der Waals surface area contributed by atoms with E-state index in [1.165, 1.54) is 36.9 Å². The summed E-state index contributed by atoms with van der Waals surface area (Å²) < 4.78 is 44.9. The first-order valence-corrected chi connectivity index (χ1v) is 13.7. The summed E-state index contributed by atoms with van der Waals surface area (Å²) in [7, 11) is 0.493. The molecule has 0 saturated heterocycles. The molecule has 0 aliphatic heterocycles. The molecule has 1 N–H and O–H groups in total. The maximum atomic E-state index is 13.9. The molecule has 0 bridgehead atoms. The normalized spacial score (nSPS) is 11.2. The summed E-state index contributed by atoms with van der Waals surface area (Å²) in [6, 6.07) is 26.9. The third-order valence-electron chi connectivity index (χ3n) is 6.04. The van der Waals surface area contributed by atoms with E-state index in [-0.39, 0.29) is 22.7 Å². The third-order valence-corrected chi connectivity index (χ3v) is 7.81. The lowest BCUT2D eigenvalue weighted by atomic mass is 10.1. The fourth-order valence-corrected chi connectivity index (χ4v) is 5.44. The molecule has 0 unspecified atom stereocenters. The second kappa shape index (κ2) is 12.8. The lowest BCUT2D eigenvalue weighted by molar-refractivity contribution is 0.0955. The highest BCUT2D eigenvalue weighted by molar-refractivity contribution is 7.92. The summed E-state index contributed by atoms with van der Waals surface area (Å²) in [5.41, 5.74) is 4.16. The Morgan fingerprint density at radius 2 is 1.48 bits per heavy atom. The SMILES string of the molecule is COc1ccc(S(=O)(=O)N(Cc2ccccc2)c2ccccc2C(=O)N/N=C\c2cc(OC)ccc2OC)cc1. The molecule has 0 fully saturated rings. The molecule has 40 heavy (non-hydrogen) atoms. The third kappa shape index (κ3) is 6.41. The number of hydrazone groups is 1. The Kier molecular flexibility index (Phi) is 9.03. The van der Waals surface area contributed by atoms with E-state index in [0.717, 1.165) is 5.56 Å². The Labute approximate surface area is 233 Å². The fourth-order valence-electron chi connectivity index (χ4n) is 3.97. The van der Waals surface area contributed by atoms with Crippen molar-refractivity contribution < 1.29 is 27.4 Å². The smallest absolute Gasteiger partial charge is 0.273 e. The van der Waals surface area contributed by atoms with Gasteiger partial charge in [-0.2, -0.15) is 5.10 Å². The van der Waals surface area contributed by atoms with Crippen LogP contribution >= 0.6 is 0 Å². The molecule has 206 valence electrons. The Bertz CT molecular complexity index is 1590. The van der Waals surface area contributed by atoms with Gasteiger partial charge < -0.3 is 14.2 Å². The van der Waals surface area contributed by atoms with E-state index in [4.69, 9.17) is 14.2 Å². The highest BCUT2D eigenvalue weighted by atomic mass is 32.2. The van der Waals surface area contributed by atoms with Gasteiger partial charge >= 0.3 is 0 Å². The molecule has 4 aromatic carbocycles. The molecule has 0 atom stereocenters. The molecule has 0 aliphatic carbocycles. The lowest BCUT2D eigenvalue weighted by Crippen LogP contribution is -2.33. The predicted molar refractivity (Wildman–Crippen MR) is 154 cm³/mol. The number of amides is 1. The molecule has 4 aromatic rings. The molecule has 0 saturated carbocycles. The second-order valence-corrected chi connectivity index (χ2v) is 10.4. The molecule has 10 heteroatoms. The van der Waals surface area contributed by atoms with Gasteiger partial charge in [-0.1, -0.05) is 42.5 Å². The average molecular weight is 560 g/mol. The van der Waals surface area contributed by atoms with E-state index in [1.807, 2.05) is 30.3 Å². The highest BCUT2D eigenvalue weighted by Crippen LogP contribution is 2.30. The number of ether oxygens (including phenoxy) is 3. The van der Waals surface area contributed by atoms with Crippen LogP contribution in [-0.2, 0) is 16.6 Å². The number of nitrogens with one attached hydrogen (secondary N) is 1. The molecule has 1 amide bonds. The minimum Gasteiger partial charge on any atom is -0.497 e. The molecule has 0 heterocycles. The van der Waals surface area contributed by atoms with Crippen molar-refractivity contribution >= 4 is 27.8 Å². The van der Waals surface area contributed by atoms with Crippen molar-refractivity contribution in [2.45, 2.75) is 11.4 Å². The average Bonchev–Trinajstić information content (AvgIpc) is 3.00. The zero-order valence-corrected chi connectivity index (χ0v) is 23.1. The number of carbonyl (C=O) groups excluding carboxylic acids is 1. The second-order valence-electron chi connectivity index (χ2n) is 8.50. The topological polar surface area (TPSA) is 107 Å². The van der Waals surface area contributed by atoms with Crippen molar-refractivity contribution in [1.82, 2.24) is 5.43 Å². The van der Waals surface area contributed by atoms with Crippen LogP contribution in [0.15, 0.2) is 107 Å². The maximum absolute atomic E-state index is 13.9. The maximum Gasteiger partial charge on any atom is 0.273 e. The van der Waals surface area contributed by atoms with Gasteiger partial charge in [0.1, 0.15) is 17.2 Å². The molecule has 4 rings (SSSR count). The van der Waals surface area contributed by atoms with E-state index in [0.29, 0.717) is 22.8 Å². The van der Waals surface area contributed by atoms with E-state index < -0.39 is 15.9 Å². The molecule has 0 spiro atoms. The number of hydrogen-bond acceptors (Lipinski definition) is 7. The molecule has 9 nitrogen and oxygen atoms in total. The molecular weight excluding hydrogens is 530 g/mol. The monoisotopic (exact) mass is 559 g/mol. The predicted octanol–water partition coefficient (Wildman–Crippen LogP) is 4.87. The van der Waals surface area contributed by atoms with E-state index in [9.17, 15) is 13.2 Å². The largest absolute Gasteiger partial charge is 0.497 e. The number of rotatable bonds is 11. The first kappa shape index (κ1) is 28.2. The van der Waals surface area contributed by atoms with Crippen LogP contribution in [0.4, 0.5) is 5.69 Å². The Balaban J connectivity index is 1.69. The van der Waals surface area contributed by atoms with Gasteiger partial charge in [0.2, 0.25) is 0 Å². The summed E-state index contributed by atoms with van der Waals surface area (Å²) in [5, 5.41) is 4.08. The summed E-state index contributed by atoms with van der Waals surface area (Å²) in [5.74, 6) is 1.08. The van der Waals surface area contributed by atoms with Crippen molar-refractivity contribution in [1.29, 1.82) is 0 Å². The van der Waals surface area contributed by atoms with E-state index in [2.05, 4.69) is 10.5 Å². The summed E-state index contributed by atoms with van der Waals surface area (Å²) in [6.45, 7) is 0.00374. The molecule has 0 aromatic heterocycles. The zero-order valence-electron chi connectivity index (χ0n) is 22.3. The van der Waals surface area contributed by atoms with Crippen LogP contribution in [0.5, 0.6) is 17.2 Å². The number of hydrogen-bond donors (Lipinski definition) is 1. The number of benzene rings is 4. The zero-order chi connectivity index (χ0) is 28.5. The Hall–Kier alpha value is -4.83. The highest BCUT2D eigenvalue weighted by Gasteiger charge is 2.28. The minimum atomic E-state index is -4.08. The fraction of sp³-hybridized carbons (Fsp3) is 0.133. The number of carbonyl (C=O) groups is 1. The molecule has 0 aliphatic rings. The first-order valence-electron chi connectivity index (χ1n) is 12.2. The van der Waals surface area contributed by atoms with Gasteiger partial charge in [0.15, 0.2) is 0 Å².